The smallest absolute Gasteiger partial charge is 0.254 e. The fourth-order valence-corrected chi connectivity index (χ4v) is 2.28. The Balaban J connectivity index is 0. The second-order valence-electron chi connectivity index (χ2n) is 5.39. The maximum atomic E-state index is 11.3. The molecule has 0 aliphatic carbocycles. The molecule has 1 unspecified atom stereocenters. The number of nitrogens with two attached hydrogens (primary N) is 1. The van der Waals surface area contributed by atoms with E-state index in [4.69, 9.17) is 10.5 Å². The van der Waals surface area contributed by atoms with Gasteiger partial charge in [-0.2, -0.15) is 0 Å². The van der Waals surface area contributed by atoms with Crippen LogP contribution in [-0.4, -0.2) is 41.4 Å². The van der Waals surface area contributed by atoms with Crippen molar-refractivity contribution in [2.75, 3.05) is 5.32 Å². The quantitative estimate of drug-likeness (QED) is 0.504. The molecule has 0 saturated carbocycles. The number of rotatable bonds is 2. The Kier molecular flexibility index (Phi) is 13.8. The third-order valence-corrected chi connectivity index (χ3v) is 3.33. The highest BCUT2D eigenvalue weighted by Gasteiger charge is 2.18. The highest BCUT2D eigenvalue weighted by molar-refractivity contribution is 6.01. The standard InChI is InChI=1S/2C9H10N2O.C2H4O.2H2O/c1-6-10-8-5-3-2-4-7(8)9(12)11-6;1-2-11-8-6-4-3-5-7(8)9(10)12;1-2-3;;/h2-6,10H,1H3,(H,11,12);2-6H,1H3,(H2,10,12);2H,1H3;2*1H2. The van der Waals surface area contributed by atoms with Crippen LogP contribution in [-0.2, 0) is 4.79 Å². The van der Waals surface area contributed by atoms with Gasteiger partial charge in [-0.05, 0) is 45.0 Å². The van der Waals surface area contributed by atoms with E-state index in [2.05, 4.69) is 15.6 Å². The topological polar surface area (TPSA) is 177 Å². The number of anilines is 1. The van der Waals surface area contributed by atoms with E-state index in [1.807, 2.05) is 37.3 Å². The number of amides is 2. The van der Waals surface area contributed by atoms with Crippen LogP contribution in [0.4, 0.5) is 11.4 Å². The first-order valence-electron chi connectivity index (χ1n) is 8.38. The monoisotopic (exact) mass is 404 g/mol. The lowest BCUT2D eigenvalue weighted by Gasteiger charge is -2.24. The summed E-state index contributed by atoms with van der Waals surface area (Å²) in [6.07, 6.45) is 2.40. The lowest BCUT2D eigenvalue weighted by atomic mass is 10.1. The Morgan fingerprint density at radius 3 is 2.17 bits per heavy atom. The number of carbonyl (C=O) groups excluding carboxylic acids is 3. The van der Waals surface area contributed by atoms with Crippen molar-refractivity contribution in [3.05, 3.63) is 59.7 Å². The van der Waals surface area contributed by atoms with Gasteiger partial charge < -0.3 is 32.1 Å². The number of para-hydroxylation sites is 2. The summed E-state index contributed by atoms with van der Waals surface area (Å²) in [6.45, 7) is 5.14. The molecule has 8 N–H and O–H groups in total. The number of nitrogens with one attached hydrogen (secondary N) is 2. The first-order valence-corrected chi connectivity index (χ1v) is 8.38. The molecule has 1 heterocycles. The van der Waals surface area contributed by atoms with Crippen LogP contribution in [0.25, 0.3) is 0 Å². The number of nitrogens with zero attached hydrogens (tertiary/aromatic N) is 1. The molecule has 0 radical (unpaired) electrons. The lowest BCUT2D eigenvalue weighted by molar-refractivity contribution is -0.106. The summed E-state index contributed by atoms with van der Waals surface area (Å²) < 4.78 is 0. The van der Waals surface area contributed by atoms with Crippen LogP contribution in [0.15, 0.2) is 53.5 Å². The van der Waals surface area contributed by atoms with Crippen LogP contribution < -0.4 is 16.4 Å². The van der Waals surface area contributed by atoms with E-state index in [1.54, 1.807) is 31.3 Å². The molecule has 0 spiro atoms. The van der Waals surface area contributed by atoms with Crippen LogP contribution in [0.5, 0.6) is 0 Å². The van der Waals surface area contributed by atoms with E-state index >= 15 is 0 Å². The fraction of sp³-hybridized carbons (Fsp3) is 0.200. The lowest BCUT2D eigenvalue weighted by Crippen LogP contribution is -2.42. The van der Waals surface area contributed by atoms with Crippen molar-refractivity contribution in [1.29, 1.82) is 0 Å². The number of hydrogen-bond acceptors (Lipinski definition) is 5. The normalized spacial score (nSPS) is 13.3. The number of fused-ring (bicyclic) bond motifs is 1. The number of benzene rings is 2. The highest BCUT2D eigenvalue weighted by atomic mass is 16.2. The van der Waals surface area contributed by atoms with E-state index < -0.39 is 5.91 Å². The molecular weight excluding hydrogens is 376 g/mol. The second kappa shape index (κ2) is 14.5. The third-order valence-electron chi connectivity index (χ3n) is 3.33. The number of aliphatic imine (C=N–C) groups is 1. The van der Waals surface area contributed by atoms with Crippen LogP contribution in [0.2, 0.25) is 0 Å². The summed E-state index contributed by atoms with van der Waals surface area (Å²) in [5, 5.41) is 5.94. The zero-order valence-electron chi connectivity index (χ0n) is 16.6. The molecule has 1 atom stereocenters. The molecule has 2 aromatic carbocycles. The van der Waals surface area contributed by atoms with Gasteiger partial charge in [-0.25, -0.2) is 0 Å². The second-order valence-corrected chi connectivity index (χ2v) is 5.39. The molecule has 0 fully saturated rings. The van der Waals surface area contributed by atoms with Gasteiger partial charge in [0.15, 0.2) is 0 Å². The zero-order valence-corrected chi connectivity index (χ0v) is 16.6. The highest BCUT2D eigenvalue weighted by Crippen LogP contribution is 2.19. The van der Waals surface area contributed by atoms with E-state index in [9.17, 15) is 9.59 Å². The Bertz CT molecular complexity index is 824. The van der Waals surface area contributed by atoms with Crippen molar-refractivity contribution in [2.45, 2.75) is 26.9 Å². The minimum Gasteiger partial charge on any atom is -0.412 e. The molecule has 3 rings (SSSR count). The summed E-state index contributed by atoms with van der Waals surface area (Å²) in [7, 11) is 0. The summed E-state index contributed by atoms with van der Waals surface area (Å²) in [5.41, 5.74) is 7.83. The van der Waals surface area contributed by atoms with Gasteiger partial charge >= 0.3 is 0 Å². The largest absolute Gasteiger partial charge is 0.412 e. The predicted octanol–water partition coefficient (Wildman–Crippen LogP) is 1.25. The van der Waals surface area contributed by atoms with Gasteiger partial charge in [0.05, 0.1) is 23.0 Å². The molecule has 0 bridgehead atoms. The summed E-state index contributed by atoms with van der Waals surface area (Å²) >= 11 is 0. The van der Waals surface area contributed by atoms with Crippen LogP contribution >= 0.6 is 0 Å². The number of hydrogen-bond donors (Lipinski definition) is 3. The molecule has 158 valence electrons. The Morgan fingerprint density at radius 2 is 1.59 bits per heavy atom. The van der Waals surface area contributed by atoms with E-state index in [1.165, 1.54) is 6.92 Å². The van der Waals surface area contributed by atoms with Gasteiger partial charge in [-0.1, -0.05) is 24.3 Å². The first-order chi connectivity index (χ1) is 12.9. The van der Waals surface area contributed by atoms with Crippen LogP contribution in [0.3, 0.4) is 0 Å². The van der Waals surface area contributed by atoms with E-state index in [-0.39, 0.29) is 23.0 Å². The third kappa shape index (κ3) is 8.78. The van der Waals surface area contributed by atoms with Crippen molar-refractivity contribution in [2.24, 2.45) is 10.7 Å². The Labute approximate surface area is 169 Å². The molecule has 1 aliphatic rings. The summed E-state index contributed by atoms with van der Waals surface area (Å²) in [6, 6.07) is 14.5. The average Bonchev–Trinajstić information content (AvgIpc) is 2.63. The molecule has 29 heavy (non-hydrogen) atoms. The zero-order chi connectivity index (χ0) is 20.2. The Hall–Kier alpha value is -3.56. The van der Waals surface area contributed by atoms with Crippen molar-refractivity contribution in [3.8, 4) is 0 Å². The molecule has 1 aliphatic heterocycles. The van der Waals surface area contributed by atoms with E-state index in [0.29, 0.717) is 11.3 Å². The minimum absolute atomic E-state index is 0. The van der Waals surface area contributed by atoms with Crippen molar-refractivity contribution < 1.29 is 25.3 Å². The molecular formula is C20H28N4O5. The maximum Gasteiger partial charge on any atom is 0.254 e. The van der Waals surface area contributed by atoms with Gasteiger partial charge in [0.1, 0.15) is 6.29 Å². The average molecular weight is 404 g/mol. The summed E-state index contributed by atoms with van der Waals surface area (Å²) in [4.78, 5) is 35.0. The first kappa shape index (κ1) is 27.7. The number of aldehydes is 1. The summed E-state index contributed by atoms with van der Waals surface area (Å²) in [5.74, 6) is -0.451. The Morgan fingerprint density at radius 1 is 1.03 bits per heavy atom. The van der Waals surface area contributed by atoms with Crippen molar-refractivity contribution in [3.63, 3.8) is 0 Å². The van der Waals surface area contributed by atoms with Gasteiger partial charge in [0.2, 0.25) is 0 Å². The maximum absolute atomic E-state index is 11.3. The molecule has 0 aromatic heterocycles. The fourth-order valence-electron chi connectivity index (χ4n) is 2.28. The molecule has 2 amide bonds. The van der Waals surface area contributed by atoms with Crippen molar-refractivity contribution >= 4 is 35.7 Å². The molecule has 9 heteroatoms. The minimum atomic E-state index is -0.448. The predicted molar refractivity (Wildman–Crippen MR) is 115 cm³/mol. The van der Waals surface area contributed by atoms with Gasteiger partial charge in [-0.15, -0.1) is 0 Å². The SMILES string of the molecule is CC1NC(=O)c2ccccc2N1.CC=Nc1ccccc1C(N)=O.CC=O.O.O. The number of carbonyl (C=O) groups is 3. The molecule has 0 saturated heterocycles. The van der Waals surface area contributed by atoms with Crippen LogP contribution in [0, 0.1) is 0 Å². The van der Waals surface area contributed by atoms with Crippen LogP contribution in [0.1, 0.15) is 41.5 Å². The van der Waals surface area contributed by atoms with Gasteiger partial charge in [0, 0.05) is 11.9 Å². The number of primary amides is 1. The van der Waals surface area contributed by atoms with E-state index in [0.717, 1.165) is 17.5 Å². The molecule has 9 nitrogen and oxygen atoms in total. The van der Waals surface area contributed by atoms with Gasteiger partial charge in [-0.3, -0.25) is 14.6 Å². The van der Waals surface area contributed by atoms with Crippen molar-refractivity contribution in [1.82, 2.24) is 5.32 Å². The molecule has 2 aromatic rings. The van der Waals surface area contributed by atoms with Gasteiger partial charge in [0.25, 0.3) is 11.8 Å².